The van der Waals surface area contributed by atoms with Crippen molar-refractivity contribution < 1.29 is 9.53 Å². The summed E-state index contributed by atoms with van der Waals surface area (Å²) in [5.74, 6) is -0.178. The molecule has 5 nitrogen and oxygen atoms in total. The van der Waals surface area contributed by atoms with Gasteiger partial charge in [0.2, 0.25) is 5.91 Å². The average molecular weight is 436 g/mol. The molecule has 158 valence electrons. The normalized spacial score (nSPS) is 24.4. The second kappa shape index (κ2) is 7.99. The van der Waals surface area contributed by atoms with Gasteiger partial charge in [-0.25, -0.2) is 4.98 Å². The topological polar surface area (TPSA) is 77.2 Å². The van der Waals surface area contributed by atoms with Gasteiger partial charge in [0.25, 0.3) is 0 Å². The average Bonchev–Trinajstić information content (AvgIpc) is 3.26. The molecule has 0 spiro atoms. The number of carbonyl (C=O) groups is 1. The van der Waals surface area contributed by atoms with E-state index in [2.05, 4.69) is 23.5 Å². The van der Waals surface area contributed by atoms with Gasteiger partial charge >= 0.3 is 0 Å². The third kappa shape index (κ3) is 3.61. The molecule has 2 unspecified atom stereocenters. The number of ether oxygens (including phenoxy) is 1. The molecule has 0 bridgehead atoms. The van der Waals surface area contributed by atoms with Crippen molar-refractivity contribution in [3.63, 3.8) is 0 Å². The number of aromatic nitrogens is 1. The Morgan fingerprint density at radius 2 is 2.07 bits per heavy atom. The summed E-state index contributed by atoms with van der Waals surface area (Å²) in [5, 5.41) is 3.58. The van der Waals surface area contributed by atoms with Crippen LogP contribution in [0.5, 0.6) is 0 Å². The maximum absolute atomic E-state index is 13.0. The predicted octanol–water partition coefficient (Wildman–Crippen LogP) is 4.50. The van der Waals surface area contributed by atoms with Crippen LogP contribution in [-0.4, -0.2) is 29.1 Å². The van der Waals surface area contributed by atoms with E-state index in [4.69, 9.17) is 15.5 Å². The molecule has 1 aromatic heterocycles. The highest BCUT2D eigenvalue weighted by molar-refractivity contribution is 7.16. The number of anilines is 1. The van der Waals surface area contributed by atoms with Crippen LogP contribution in [0.1, 0.15) is 49.6 Å². The minimum Gasteiger partial charge on any atom is -0.378 e. The molecule has 4 rings (SSSR count). The van der Waals surface area contributed by atoms with Crippen LogP contribution in [0.3, 0.4) is 0 Å². The number of nitrogens with two attached hydrogens (primary N) is 1. The number of halogens is 1. The molecule has 3 N–H and O–H groups in total. The molecule has 29 heavy (non-hydrogen) atoms. The van der Waals surface area contributed by atoms with Gasteiger partial charge in [-0.3, -0.25) is 4.79 Å². The molecule has 1 fully saturated rings. The van der Waals surface area contributed by atoms with Crippen molar-refractivity contribution in [2.45, 2.75) is 65.0 Å². The number of rotatable bonds is 5. The number of nitrogens with zero attached hydrogens (tertiary/aromatic N) is 1. The van der Waals surface area contributed by atoms with Crippen molar-refractivity contribution in [3.05, 3.63) is 34.2 Å². The van der Waals surface area contributed by atoms with Gasteiger partial charge in [-0.15, -0.1) is 23.7 Å². The lowest BCUT2D eigenvalue weighted by atomic mass is 9.54. The third-order valence-electron chi connectivity index (χ3n) is 6.62. The maximum Gasteiger partial charge on any atom is 0.246 e. The Bertz CT molecular complexity index is 927. The molecular weight excluding hydrogens is 406 g/mol. The zero-order valence-electron chi connectivity index (χ0n) is 17.5. The van der Waals surface area contributed by atoms with Crippen molar-refractivity contribution in [3.8, 4) is 11.3 Å². The third-order valence-corrected chi connectivity index (χ3v) is 7.51. The van der Waals surface area contributed by atoms with E-state index in [0.29, 0.717) is 18.2 Å². The molecule has 7 heteroatoms. The summed E-state index contributed by atoms with van der Waals surface area (Å²) in [7, 11) is 0. The van der Waals surface area contributed by atoms with Crippen LogP contribution in [-0.2, 0) is 22.4 Å². The van der Waals surface area contributed by atoms with Crippen LogP contribution >= 0.6 is 23.7 Å². The second-order valence-electron chi connectivity index (χ2n) is 8.56. The quantitative estimate of drug-likeness (QED) is 0.724. The van der Waals surface area contributed by atoms with E-state index >= 15 is 0 Å². The molecule has 0 aliphatic heterocycles. The van der Waals surface area contributed by atoms with Gasteiger partial charge in [0.15, 0.2) is 5.13 Å². The zero-order valence-corrected chi connectivity index (χ0v) is 19.1. The number of hydrogen-bond acceptors (Lipinski definition) is 5. The van der Waals surface area contributed by atoms with Crippen LogP contribution in [0, 0.1) is 12.3 Å². The highest BCUT2D eigenvalue weighted by atomic mass is 35.5. The van der Waals surface area contributed by atoms with Gasteiger partial charge in [-0.05, 0) is 50.3 Å². The van der Waals surface area contributed by atoms with Gasteiger partial charge in [-0.1, -0.05) is 26.0 Å². The fourth-order valence-corrected chi connectivity index (χ4v) is 5.30. The van der Waals surface area contributed by atoms with E-state index in [1.807, 2.05) is 27.7 Å². The minimum absolute atomic E-state index is 0. The first kappa shape index (κ1) is 22.2. The number of nitrogens with one attached hydrogen (secondary N) is 1. The van der Waals surface area contributed by atoms with Crippen molar-refractivity contribution in [1.82, 2.24) is 4.98 Å². The Morgan fingerprint density at radius 3 is 2.76 bits per heavy atom. The Hall–Kier alpha value is -1.47. The zero-order chi connectivity index (χ0) is 20.1. The second-order valence-corrected chi connectivity index (χ2v) is 9.76. The van der Waals surface area contributed by atoms with E-state index in [0.717, 1.165) is 22.6 Å². The Kier molecular flexibility index (Phi) is 6.12. The summed E-state index contributed by atoms with van der Waals surface area (Å²) in [6, 6.07) is 6.61. The number of amides is 1. The molecule has 2 atom stereocenters. The van der Waals surface area contributed by atoms with Crippen LogP contribution < -0.4 is 11.1 Å². The molecule has 0 saturated heterocycles. The van der Waals surface area contributed by atoms with Gasteiger partial charge in [0.05, 0.1) is 11.8 Å². The van der Waals surface area contributed by atoms with Crippen LogP contribution in [0.4, 0.5) is 5.13 Å². The number of aryl methyl sites for hydroxylation is 3. The summed E-state index contributed by atoms with van der Waals surface area (Å²) in [5.41, 5.74) is 10.1. The molecule has 1 aromatic carbocycles. The van der Waals surface area contributed by atoms with Gasteiger partial charge in [0, 0.05) is 28.9 Å². The fraction of sp³-hybridized carbons (Fsp3) is 0.545. The summed E-state index contributed by atoms with van der Waals surface area (Å²) in [4.78, 5) is 18.8. The molecular formula is C22H30ClN3O2S. The summed E-state index contributed by atoms with van der Waals surface area (Å²) in [6.07, 6.45) is 4.08. The molecule has 0 radical (unpaired) electrons. The first-order valence-corrected chi connectivity index (χ1v) is 10.9. The number of carbonyl (C=O) groups excluding carboxylic acids is 1. The van der Waals surface area contributed by atoms with E-state index in [1.165, 1.54) is 35.3 Å². The number of hydrogen-bond donors (Lipinski definition) is 2. The lowest BCUT2D eigenvalue weighted by molar-refractivity contribution is -0.166. The Morgan fingerprint density at radius 1 is 1.34 bits per heavy atom. The van der Waals surface area contributed by atoms with Gasteiger partial charge in [-0.2, -0.15) is 0 Å². The first-order chi connectivity index (χ1) is 13.3. The lowest BCUT2D eigenvalue weighted by Gasteiger charge is -2.57. The molecule has 1 amide bonds. The summed E-state index contributed by atoms with van der Waals surface area (Å²) in [6.45, 7) is 8.64. The molecule has 2 aliphatic carbocycles. The van der Waals surface area contributed by atoms with Crippen molar-refractivity contribution in [2.75, 3.05) is 11.9 Å². The van der Waals surface area contributed by atoms with Crippen molar-refractivity contribution >= 4 is 34.8 Å². The number of thiazole rings is 1. The van der Waals surface area contributed by atoms with Crippen LogP contribution in [0.25, 0.3) is 11.3 Å². The molecule has 1 heterocycles. The smallest absolute Gasteiger partial charge is 0.246 e. The van der Waals surface area contributed by atoms with E-state index in [-0.39, 0.29) is 24.4 Å². The highest BCUT2D eigenvalue weighted by Gasteiger charge is 2.63. The summed E-state index contributed by atoms with van der Waals surface area (Å²) < 4.78 is 5.73. The monoisotopic (exact) mass is 435 g/mol. The van der Waals surface area contributed by atoms with Crippen LogP contribution in [0.2, 0.25) is 0 Å². The minimum atomic E-state index is -0.944. The summed E-state index contributed by atoms with van der Waals surface area (Å²) >= 11 is 1.50. The first-order valence-electron chi connectivity index (χ1n) is 10.1. The number of benzene rings is 1. The Labute approximate surface area is 182 Å². The van der Waals surface area contributed by atoms with E-state index < -0.39 is 11.0 Å². The highest BCUT2D eigenvalue weighted by Crippen LogP contribution is 2.50. The van der Waals surface area contributed by atoms with Gasteiger partial charge < -0.3 is 15.8 Å². The van der Waals surface area contributed by atoms with Crippen molar-refractivity contribution in [1.29, 1.82) is 0 Å². The molecule has 1 saturated carbocycles. The largest absolute Gasteiger partial charge is 0.378 e. The SMILES string of the molecule is CCOC1CC(N)(C(=O)Nc2nc(-c3ccc4c(c3)CCC4)c(C)s2)C1(C)C.Cl. The molecule has 2 aliphatic rings. The standard InChI is InChI=1S/C22H29N3O2S.ClH/c1-5-27-17-12-22(23,21(17,3)4)19(26)25-20-24-18(13(2)28-20)16-10-9-14-7-6-8-15(14)11-16;/h9-11,17H,5-8,12,23H2,1-4H3,(H,24,25,26);1H. The maximum atomic E-state index is 13.0. The van der Waals surface area contributed by atoms with Crippen LogP contribution in [0.15, 0.2) is 18.2 Å². The predicted molar refractivity (Wildman–Crippen MR) is 121 cm³/mol. The molecule has 2 aromatic rings. The Balaban J connectivity index is 0.00000240. The fourth-order valence-electron chi connectivity index (χ4n) is 4.47. The number of fused-ring (bicyclic) bond motifs is 1. The van der Waals surface area contributed by atoms with E-state index in [1.54, 1.807) is 0 Å². The van der Waals surface area contributed by atoms with E-state index in [9.17, 15) is 4.79 Å². The van der Waals surface area contributed by atoms with Gasteiger partial charge in [0.1, 0.15) is 5.54 Å². The van der Waals surface area contributed by atoms with Crippen molar-refractivity contribution in [2.24, 2.45) is 11.1 Å². The lowest BCUT2D eigenvalue weighted by Crippen LogP contribution is -2.74.